The second-order valence-electron chi connectivity index (χ2n) is 5.78. The minimum atomic E-state index is 0.126. The summed E-state index contributed by atoms with van der Waals surface area (Å²) in [6, 6.07) is 5.93. The molecule has 1 saturated heterocycles. The van der Waals surface area contributed by atoms with E-state index in [1.807, 2.05) is 25.1 Å². The molecule has 1 unspecified atom stereocenters. The number of aryl methyl sites for hydroxylation is 1. The van der Waals surface area contributed by atoms with Crippen LogP contribution < -0.4 is 10.6 Å². The van der Waals surface area contributed by atoms with Crippen LogP contribution in [0.5, 0.6) is 0 Å². The zero-order valence-corrected chi connectivity index (χ0v) is 13.8. The molecular weight excluding hydrogens is 316 g/mol. The molecule has 1 aliphatic rings. The maximum atomic E-state index is 12.2. The van der Waals surface area contributed by atoms with Crippen LogP contribution in [-0.4, -0.2) is 19.0 Å². The number of hydrogen-bond donors (Lipinski definition) is 2. The van der Waals surface area contributed by atoms with Gasteiger partial charge in [-0.2, -0.15) is 0 Å². The molecular formula is C16H23BrN2O. The minimum absolute atomic E-state index is 0.126. The number of carbonyl (C=O) groups excluding carboxylic acids is 1. The van der Waals surface area contributed by atoms with Gasteiger partial charge in [0.2, 0.25) is 5.91 Å². The Kier molecular flexibility index (Phi) is 5.61. The summed E-state index contributed by atoms with van der Waals surface area (Å²) in [6.45, 7) is 6.38. The van der Waals surface area contributed by atoms with Crippen molar-refractivity contribution in [2.24, 2.45) is 11.8 Å². The van der Waals surface area contributed by atoms with Crippen LogP contribution in [0, 0.1) is 18.8 Å². The van der Waals surface area contributed by atoms with Crippen molar-refractivity contribution < 1.29 is 4.79 Å². The lowest BCUT2D eigenvalue weighted by Crippen LogP contribution is -2.32. The number of carbonyl (C=O) groups is 1. The molecule has 1 heterocycles. The van der Waals surface area contributed by atoms with Gasteiger partial charge in [-0.25, -0.2) is 0 Å². The van der Waals surface area contributed by atoms with Crippen LogP contribution in [0.1, 0.15) is 31.7 Å². The Morgan fingerprint density at radius 3 is 2.80 bits per heavy atom. The molecule has 1 aliphatic heterocycles. The number of nitrogens with one attached hydrogen (secondary N) is 2. The second-order valence-corrected chi connectivity index (χ2v) is 6.69. The molecule has 0 radical (unpaired) electrons. The second kappa shape index (κ2) is 7.23. The van der Waals surface area contributed by atoms with Gasteiger partial charge in [-0.15, -0.1) is 0 Å². The molecule has 0 aromatic heterocycles. The van der Waals surface area contributed by atoms with E-state index in [9.17, 15) is 4.79 Å². The lowest BCUT2D eigenvalue weighted by Gasteiger charge is -2.28. The van der Waals surface area contributed by atoms with Crippen molar-refractivity contribution in [1.29, 1.82) is 0 Å². The number of benzene rings is 1. The highest BCUT2D eigenvalue weighted by Gasteiger charge is 2.22. The standard InChI is InChI=1S/C16H23BrN2O/c1-11(13-5-7-18-8-6-13)10-16(20)19-15-4-3-14(17)9-12(15)2/h3-4,9,11,13,18H,5-8,10H2,1-2H3,(H,19,20). The van der Waals surface area contributed by atoms with Gasteiger partial charge in [-0.1, -0.05) is 22.9 Å². The lowest BCUT2D eigenvalue weighted by molar-refractivity contribution is -0.117. The topological polar surface area (TPSA) is 41.1 Å². The van der Waals surface area contributed by atoms with Crippen molar-refractivity contribution in [1.82, 2.24) is 5.32 Å². The molecule has 20 heavy (non-hydrogen) atoms. The Hall–Kier alpha value is -0.870. The summed E-state index contributed by atoms with van der Waals surface area (Å²) in [7, 11) is 0. The van der Waals surface area contributed by atoms with Crippen LogP contribution in [-0.2, 0) is 4.79 Å². The van der Waals surface area contributed by atoms with E-state index in [1.54, 1.807) is 0 Å². The molecule has 1 amide bonds. The van der Waals surface area contributed by atoms with E-state index in [-0.39, 0.29) is 5.91 Å². The van der Waals surface area contributed by atoms with Gasteiger partial charge in [0.1, 0.15) is 0 Å². The maximum absolute atomic E-state index is 12.2. The Balaban J connectivity index is 1.88. The van der Waals surface area contributed by atoms with Crippen molar-refractivity contribution >= 4 is 27.5 Å². The molecule has 1 fully saturated rings. The predicted molar refractivity (Wildman–Crippen MR) is 86.9 cm³/mol. The van der Waals surface area contributed by atoms with E-state index in [0.29, 0.717) is 18.3 Å². The van der Waals surface area contributed by atoms with E-state index in [2.05, 4.69) is 33.5 Å². The summed E-state index contributed by atoms with van der Waals surface area (Å²) in [5.74, 6) is 1.25. The van der Waals surface area contributed by atoms with Crippen molar-refractivity contribution in [2.75, 3.05) is 18.4 Å². The van der Waals surface area contributed by atoms with E-state index in [4.69, 9.17) is 0 Å². The Bertz CT molecular complexity index is 470. The third-order valence-corrected chi connectivity index (χ3v) is 4.65. The van der Waals surface area contributed by atoms with Gasteiger partial charge in [0, 0.05) is 16.6 Å². The monoisotopic (exact) mass is 338 g/mol. The molecule has 1 atom stereocenters. The fourth-order valence-corrected chi connectivity index (χ4v) is 3.32. The van der Waals surface area contributed by atoms with Crippen LogP contribution in [0.2, 0.25) is 0 Å². The number of rotatable bonds is 4. The summed E-state index contributed by atoms with van der Waals surface area (Å²) >= 11 is 3.44. The quantitative estimate of drug-likeness (QED) is 0.878. The highest BCUT2D eigenvalue weighted by molar-refractivity contribution is 9.10. The minimum Gasteiger partial charge on any atom is -0.326 e. The number of hydrogen-bond acceptors (Lipinski definition) is 2. The lowest BCUT2D eigenvalue weighted by atomic mass is 9.84. The zero-order chi connectivity index (χ0) is 14.5. The molecule has 3 nitrogen and oxygen atoms in total. The molecule has 0 saturated carbocycles. The molecule has 1 aromatic carbocycles. The molecule has 1 aromatic rings. The van der Waals surface area contributed by atoms with Crippen molar-refractivity contribution in [3.63, 3.8) is 0 Å². The molecule has 4 heteroatoms. The van der Waals surface area contributed by atoms with Crippen LogP contribution in [0.15, 0.2) is 22.7 Å². The predicted octanol–water partition coefficient (Wildman–Crippen LogP) is 3.72. The molecule has 2 N–H and O–H groups in total. The first-order valence-electron chi connectivity index (χ1n) is 7.33. The van der Waals surface area contributed by atoms with Crippen molar-refractivity contribution in [2.45, 2.75) is 33.1 Å². The van der Waals surface area contributed by atoms with Gasteiger partial charge >= 0.3 is 0 Å². The number of amides is 1. The maximum Gasteiger partial charge on any atom is 0.224 e. The molecule has 110 valence electrons. The summed E-state index contributed by atoms with van der Waals surface area (Å²) in [5, 5.41) is 6.40. The third-order valence-electron chi connectivity index (χ3n) is 4.16. The van der Waals surface area contributed by atoms with E-state index >= 15 is 0 Å². The Morgan fingerprint density at radius 2 is 2.15 bits per heavy atom. The summed E-state index contributed by atoms with van der Waals surface area (Å²) in [6.07, 6.45) is 2.98. The van der Waals surface area contributed by atoms with Gasteiger partial charge < -0.3 is 10.6 Å². The van der Waals surface area contributed by atoms with Gasteiger partial charge in [0.25, 0.3) is 0 Å². The van der Waals surface area contributed by atoms with Gasteiger partial charge in [-0.05, 0) is 68.5 Å². The Labute approximate surface area is 129 Å². The Morgan fingerprint density at radius 1 is 1.45 bits per heavy atom. The van der Waals surface area contributed by atoms with Crippen LogP contribution in [0.25, 0.3) is 0 Å². The molecule has 0 spiro atoms. The summed E-state index contributed by atoms with van der Waals surface area (Å²) in [5.41, 5.74) is 2.00. The highest BCUT2D eigenvalue weighted by atomic mass is 79.9. The summed E-state index contributed by atoms with van der Waals surface area (Å²) in [4.78, 5) is 12.2. The van der Waals surface area contributed by atoms with Gasteiger partial charge in [0.15, 0.2) is 0 Å². The smallest absolute Gasteiger partial charge is 0.224 e. The zero-order valence-electron chi connectivity index (χ0n) is 12.2. The number of anilines is 1. The average Bonchev–Trinajstić information content (AvgIpc) is 2.43. The molecule has 0 aliphatic carbocycles. The fraction of sp³-hybridized carbons (Fsp3) is 0.562. The van der Waals surface area contributed by atoms with E-state index in [0.717, 1.165) is 28.8 Å². The number of halogens is 1. The van der Waals surface area contributed by atoms with Crippen molar-refractivity contribution in [3.05, 3.63) is 28.2 Å². The first kappa shape index (κ1) is 15.5. The fourth-order valence-electron chi connectivity index (χ4n) is 2.84. The molecule has 0 bridgehead atoms. The van der Waals surface area contributed by atoms with Crippen LogP contribution in [0.4, 0.5) is 5.69 Å². The third kappa shape index (κ3) is 4.32. The van der Waals surface area contributed by atoms with Gasteiger partial charge in [-0.3, -0.25) is 4.79 Å². The van der Waals surface area contributed by atoms with E-state index in [1.165, 1.54) is 12.8 Å². The average molecular weight is 339 g/mol. The van der Waals surface area contributed by atoms with Crippen LogP contribution in [0.3, 0.4) is 0 Å². The SMILES string of the molecule is Cc1cc(Br)ccc1NC(=O)CC(C)C1CCNCC1. The first-order chi connectivity index (χ1) is 9.56. The highest BCUT2D eigenvalue weighted by Crippen LogP contribution is 2.25. The summed E-state index contributed by atoms with van der Waals surface area (Å²) < 4.78 is 1.04. The normalized spacial score (nSPS) is 17.8. The number of piperidine rings is 1. The first-order valence-corrected chi connectivity index (χ1v) is 8.12. The largest absolute Gasteiger partial charge is 0.326 e. The van der Waals surface area contributed by atoms with Crippen LogP contribution >= 0.6 is 15.9 Å². The molecule has 2 rings (SSSR count). The van der Waals surface area contributed by atoms with E-state index < -0.39 is 0 Å². The van der Waals surface area contributed by atoms with Gasteiger partial charge in [0.05, 0.1) is 0 Å². The van der Waals surface area contributed by atoms with Crippen molar-refractivity contribution in [3.8, 4) is 0 Å².